The molecule has 2 fully saturated rings. The molecule has 104 valence electrons. The Balaban J connectivity index is 2.14. The second kappa shape index (κ2) is 5.55. The number of piperazine rings is 1. The van der Waals surface area contributed by atoms with Crippen LogP contribution in [0.2, 0.25) is 0 Å². The molecule has 5 heteroatoms. The minimum Gasteiger partial charge on any atom is -0.480 e. The summed E-state index contributed by atoms with van der Waals surface area (Å²) in [5, 5.41) is 12.9. The molecular formula is C13H25N3O2. The van der Waals surface area contributed by atoms with Crippen molar-refractivity contribution in [3.05, 3.63) is 0 Å². The van der Waals surface area contributed by atoms with Gasteiger partial charge in [0.2, 0.25) is 0 Å². The summed E-state index contributed by atoms with van der Waals surface area (Å²) >= 11 is 0. The topological polar surface area (TPSA) is 55.8 Å². The van der Waals surface area contributed by atoms with Gasteiger partial charge in [0.15, 0.2) is 0 Å². The molecule has 18 heavy (non-hydrogen) atoms. The molecule has 2 aliphatic rings. The average molecular weight is 255 g/mol. The van der Waals surface area contributed by atoms with Crippen LogP contribution in [-0.4, -0.2) is 72.2 Å². The van der Waals surface area contributed by atoms with Crippen LogP contribution < -0.4 is 5.32 Å². The summed E-state index contributed by atoms with van der Waals surface area (Å²) < 4.78 is 0. The summed E-state index contributed by atoms with van der Waals surface area (Å²) in [7, 11) is 2.14. The molecule has 2 rings (SSSR count). The molecule has 1 atom stereocenters. The predicted octanol–water partition coefficient (Wildman–Crippen LogP) is 0.219. The van der Waals surface area contributed by atoms with Gasteiger partial charge in [0.25, 0.3) is 0 Å². The summed E-state index contributed by atoms with van der Waals surface area (Å²) in [5.41, 5.74) is -0.696. The van der Waals surface area contributed by atoms with Crippen LogP contribution in [0.25, 0.3) is 0 Å². The van der Waals surface area contributed by atoms with Gasteiger partial charge >= 0.3 is 5.97 Å². The van der Waals surface area contributed by atoms with E-state index in [0.29, 0.717) is 19.0 Å². The first-order valence-corrected chi connectivity index (χ1v) is 6.99. The molecule has 2 N–H and O–H groups in total. The molecule has 0 saturated carbocycles. The Kier molecular flexibility index (Phi) is 4.25. The molecule has 0 aromatic heterocycles. The van der Waals surface area contributed by atoms with E-state index < -0.39 is 11.5 Å². The number of hydrogen-bond donors (Lipinski definition) is 2. The molecule has 0 radical (unpaired) electrons. The minimum absolute atomic E-state index is 0.430. The van der Waals surface area contributed by atoms with Gasteiger partial charge in [-0.1, -0.05) is 6.92 Å². The van der Waals surface area contributed by atoms with E-state index in [1.807, 2.05) is 6.92 Å². The first-order valence-electron chi connectivity index (χ1n) is 6.99. The smallest absolute Gasteiger partial charge is 0.325 e. The Morgan fingerprint density at radius 3 is 2.61 bits per heavy atom. The molecule has 0 amide bonds. The first-order chi connectivity index (χ1) is 8.60. The molecule has 2 aliphatic heterocycles. The minimum atomic E-state index is -0.696. The van der Waals surface area contributed by atoms with Crippen molar-refractivity contribution < 1.29 is 9.90 Å². The SMILES string of the molecule is CC[C@@]1(C(=O)O)CNCCN1C1CCN(C)CC1. The number of rotatable bonds is 3. The van der Waals surface area contributed by atoms with Crippen LogP contribution >= 0.6 is 0 Å². The quantitative estimate of drug-likeness (QED) is 0.755. The van der Waals surface area contributed by atoms with E-state index in [0.717, 1.165) is 39.0 Å². The number of hydrogen-bond acceptors (Lipinski definition) is 4. The largest absolute Gasteiger partial charge is 0.480 e. The van der Waals surface area contributed by atoms with Crippen molar-refractivity contribution in [2.24, 2.45) is 0 Å². The lowest BCUT2D eigenvalue weighted by atomic mass is 9.87. The zero-order chi connectivity index (χ0) is 13.2. The van der Waals surface area contributed by atoms with Gasteiger partial charge in [-0.05, 0) is 39.4 Å². The summed E-state index contributed by atoms with van der Waals surface area (Å²) in [6.45, 7) is 6.48. The molecule has 5 nitrogen and oxygen atoms in total. The summed E-state index contributed by atoms with van der Waals surface area (Å²) in [5.74, 6) is -0.670. The van der Waals surface area contributed by atoms with Crippen LogP contribution in [0.15, 0.2) is 0 Å². The Morgan fingerprint density at radius 1 is 1.39 bits per heavy atom. The van der Waals surface area contributed by atoms with Crippen LogP contribution in [0.4, 0.5) is 0 Å². The van der Waals surface area contributed by atoms with Crippen molar-refractivity contribution in [3.8, 4) is 0 Å². The maximum absolute atomic E-state index is 11.7. The van der Waals surface area contributed by atoms with E-state index >= 15 is 0 Å². The van der Waals surface area contributed by atoms with Crippen LogP contribution in [0.5, 0.6) is 0 Å². The number of carboxylic acids is 1. The molecule has 0 spiro atoms. The van der Waals surface area contributed by atoms with Crippen LogP contribution in [-0.2, 0) is 4.79 Å². The van der Waals surface area contributed by atoms with E-state index in [9.17, 15) is 9.90 Å². The maximum atomic E-state index is 11.7. The van der Waals surface area contributed by atoms with Crippen molar-refractivity contribution in [1.29, 1.82) is 0 Å². The highest BCUT2D eigenvalue weighted by atomic mass is 16.4. The average Bonchev–Trinajstić information content (AvgIpc) is 2.39. The Hall–Kier alpha value is -0.650. The molecule has 0 bridgehead atoms. The number of carbonyl (C=O) groups is 1. The van der Waals surface area contributed by atoms with Crippen LogP contribution in [0, 0.1) is 0 Å². The summed E-state index contributed by atoms with van der Waals surface area (Å²) in [6.07, 6.45) is 2.85. The van der Waals surface area contributed by atoms with Crippen molar-refractivity contribution in [3.63, 3.8) is 0 Å². The zero-order valence-corrected chi connectivity index (χ0v) is 11.5. The normalized spacial score (nSPS) is 32.6. The summed E-state index contributed by atoms with van der Waals surface area (Å²) in [4.78, 5) is 16.3. The highest BCUT2D eigenvalue weighted by Gasteiger charge is 2.47. The predicted molar refractivity (Wildman–Crippen MR) is 70.8 cm³/mol. The Labute approximate surface area is 109 Å². The van der Waals surface area contributed by atoms with Gasteiger partial charge in [0.05, 0.1) is 0 Å². The van der Waals surface area contributed by atoms with Crippen LogP contribution in [0.3, 0.4) is 0 Å². The van der Waals surface area contributed by atoms with E-state index in [4.69, 9.17) is 0 Å². The lowest BCUT2D eigenvalue weighted by molar-refractivity contribution is -0.156. The fourth-order valence-corrected chi connectivity index (χ4v) is 3.33. The number of nitrogens with one attached hydrogen (secondary N) is 1. The maximum Gasteiger partial charge on any atom is 0.325 e. The number of nitrogens with zero attached hydrogens (tertiary/aromatic N) is 2. The highest BCUT2D eigenvalue weighted by Crippen LogP contribution is 2.29. The third-order valence-electron chi connectivity index (χ3n) is 4.61. The second-order valence-corrected chi connectivity index (χ2v) is 5.59. The van der Waals surface area contributed by atoms with Crippen molar-refractivity contribution in [2.45, 2.75) is 37.8 Å². The molecule has 0 aromatic carbocycles. The first kappa shape index (κ1) is 13.8. The highest BCUT2D eigenvalue weighted by molar-refractivity contribution is 5.79. The third-order valence-corrected chi connectivity index (χ3v) is 4.61. The fourth-order valence-electron chi connectivity index (χ4n) is 3.33. The van der Waals surface area contributed by atoms with Crippen LogP contribution in [0.1, 0.15) is 26.2 Å². The van der Waals surface area contributed by atoms with Gasteiger partial charge < -0.3 is 15.3 Å². The number of aliphatic carboxylic acids is 1. The monoisotopic (exact) mass is 255 g/mol. The van der Waals surface area contributed by atoms with E-state index in [2.05, 4.69) is 22.2 Å². The Bertz CT molecular complexity index is 303. The molecule has 2 heterocycles. The molecule has 0 unspecified atom stereocenters. The van der Waals surface area contributed by atoms with E-state index in [-0.39, 0.29) is 0 Å². The van der Waals surface area contributed by atoms with Gasteiger partial charge in [-0.3, -0.25) is 9.69 Å². The number of likely N-dealkylation sites (tertiary alicyclic amines) is 1. The molecule has 0 aliphatic carbocycles. The van der Waals surface area contributed by atoms with Gasteiger partial charge in [-0.25, -0.2) is 0 Å². The van der Waals surface area contributed by atoms with Gasteiger partial charge in [-0.15, -0.1) is 0 Å². The fraction of sp³-hybridized carbons (Fsp3) is 0.923. The standard InChI is InChI=1S/C13H25N3O2/c1-3-13(12(17)18)10-14-6-9-16(13)11-4-7-15(2)8-5-11/h11,14H,3-10H2,1-2H3,(H,17,18)/t13-/m0/s1. The molecular weight excluding hydrogens is 230 g/mol. The second-order valence-electron chi connectivity index (χ2n) is 5.59. The van der Waals surface area contributed by atoms with E-state index in [1.54, 1.807) is 0 Å². The molecule has 2 saturated heterocycles. The van der Waals surface area contributed by atoms with Crippen molar-refractivity contribution in [2.75, 3.05) is 39.8 Å². The summed E-state index contributed by atoms with van der Waals surface area (Å²) in [6, 6.07) is 0.430. The Morgan fingerprint density at radius 2 is 2.06 bits per heavy atom. The third kappa shape index (κ3) is 2.39. The lowest BCUT2D eigenvalue weighted by Gasteiger charge is -2.49. The lowest BCUT2D eigenvalue weighted by Crippen LogP contribution is -2.68. The van der Waals surface area contributed by atoms with Gasteiger partial charge in [-0.2, -0.15) is 0 Å². The number of carboxylic acid groups (broad SMARTS) is 1. The number of piperidine rings is 1. The zero-order valence-electron chi connectivity index (χ0n) is 11.5. The molecule has 0 aromatic rings. The van der Waals surface area contributed by atoms with Crippen molar-refractivity contribution in [1.82, 2.24) is 15.1 Å². The van der Waals surface area contributed by atoms with Crippen molar-refractivity contribution >= 4 is 5.97 Å². The van der Waals surface area contributed by atoms with Gasteiger partial charge in [0, 0.05) is 25.7 Å². The van der Waals surface area contributed by atoms with E-state index in [1.165, 1.54) is 0 Å². The van der Waals surface area contributed by atoms with Gasteiger partial charge in [0.1, 0.15) is 5.54 Å².